The molecule has 1 aliphatic carbocycles. The Hall–Kier alpha value is -3.11. The molecule has 9 nitrogen and oxygen atoms in total. The van der Waals surface area contributed by atoms with E-state index in [0.717, 1.165) is 42.3 Å². The van der Waals surface area contributed by atoms with Gasteiger partial charge in [-0.3, -0.25) is 14.4 Å². The van der Waals surface area contributed by atoms with Crippen molar-refractivity contribution < 1.29 is 28.6 Å². The molecule has 1 aromatic heterocycles. The Morgan fingerprint density at radius 3 is 2.52 bits per heavy atom. The number of fused-ring (bicyclic) bond motifs is 1. The number of hydrogen-bond donors (Lipinski definition) is 2. The number of nitrogens with zero attached hydrogens (tertiary/aromatic N) is 1. The molecule has 2 aliphatic rings. The third-order valence-corrected chi connectivity index (χ3v) is 9.36. The average Bonchev–Trinajstić information content (AvgIpc) is 3.59. The smallest absolute Gasteiger partial charge is 0.308 e. The van der Waals surface area contributed by atoms with Crippen LogP contribution >= 0.6 is 23.2 Å². The summed E-state index contributed by atoms with van der Waals surface area (Å²) in [6.07, 6.45) is 3.74. The van der Waals surface area contributed by atoms with Gasteiger partial charge in [0.25, 0.3) is 5.91 Å². The first-order valence-electron chi connectivity index (χ1n) is 15.2. The topological polar surface area (TPSA) is 110 Å². The van der Waals surface area contributed by atoms with E-state index < -0.39 is 0 Å². The summed E-state index contributed by atoms with van der Waals surface area (Å²) in [6.45, 7) is 4.92. The van der Waals surface area contributed by atoms with Gasteiger partial charge >= 0.3 is 5.97 Å². The summed E-state index contributed by atoms with van der Waals surface area (Å²) in [5, 5.41) is 4.32. The number of halogens is 2. The number of benzene rings is 2. The number of carbonyl (C=O) groups is 3. The monoisotopic (exact) mass is 643 g/mol. The Balaban J connectivity index is 1.21. The highest BCUT2D eigenvalue weighted by atomic mass is 35.5. The molecule has 1 saturated heterocycles. The zero-order valence-electron chi connectivity index (χ0n) is 25.3. The van der Waals surface area contributed by atoms with Crippen molar-refractivity contribution in [1.82, 2.24) is 9.88 Å². The van der Waals surface area contributed by atoms with E-state index in [-0.39, 0.29) is 53.4 Å². The third-order valence-electron chi connectivity index (χ3n) is 8.69. The molecule has 5 rings (SSSR count). The number of amides is 2. The highest BCUT2D eigenvalue weighted by Gasteiger charge is 2.37. The summed E-state index contributed by atoms with van der Waals surface area (Å²) in [4.78, 5) is 43.9. The lowest BCUT2D eigenvalue weighted by Crippen LogP contribution is -2.40. The van der Waals surface area contributed by atoms with Gasteiger partial charge in [0.15, 0.2) is 0 Å². The van der Waals surface area contributed by atoms with E-state index in [4.69, 9.17) is 37.4 Å². The van der Waals surface area contributed by atoms with Crippen LogP contribution in [0.4, 0.5) is 5.69 Å². The molecule has 11 heteroatoms. The van der Waals surface area contributed by atoms with E-state index in [1.807, 2.05) is 38.1 Å². The van der Waals surface area contributed by atoms with Crippen molar-refractivity contribution in [2.75, 3.05) is 32.2 Å². The van der Waals surface area contributed by atoms with E-state index in [9.17, 15) is 14.4 Å². The Labute approximate surface area is 267 Å². The summed E-state index contributed by atoms with van der Waals surface area (Å²) < 4.78 is 17.0. The second kappa shape index (κ2) is 14.3. The molecule has 0 radical (unpaired) electrons. The quantitative estimate of drug-likeness (QED) is 0.250. The lowest BCUT2D eigenvalue weighted by atomic mass is 9.87. The zero-order valence-corrected chi connectivity index (χ0v) is 26.8. The number of aryl methyl sites for hydroxylation is 1. The van der Waals surface area contributed by atoms with Gasteiger partial charge in [-0.05, 0) is 69.7 Å². The van der Waals surface area contributed by atoms with Crippen molar-refractivity contribution in [1.29, 1.82) is 0 Å². The molecule has 1 saturated carbocycles. The molecule has 0 bridgehead atoms. The van der Waals surface area contributed by atoms with Gasteiger partial charge in [0, 0.05) is 35.3 Å². The number of anilines is 1. The predicted octanol–water partition coefficient (Wildman–Crippen LogP) is 6.33. The summed E-state index contributed by atoms with van der Waals surface area (Å²) in [5.41, 5.74) is 3.09. The average molecular weight is 645 g/mol. The van der Waals surface area contributed by atoms with Crippen LogP contribution < -0.4 is 5.32 Å². The molecule has 44 heavy (non-hydrogen) atoms. The van der Waals surface area contributed by atoms with E-state index >= 15 is 0 Å². The molecular weight excluding hydrogens is 605 g/mol. The fraction of sp³-hybridized carbons (Fsp3) is 0.485. The number of hydrogen-bond acceptors (Lipinski definition) is 6. The van der Waals surface area contributed by atoms with Crippen LogP contribution in [-0.2, 0) is 30.2 Å². The van der Waals surface area contributed by atoms with Crippen molar-refractivity contribution in [2.45, 2.75) is 70.6 Å². The maximum atomic E-state index is 13.5. The molecule has 0 unspecified atom stereocenters. The van der Waals surface area contributed by atoms with Crippen LogP contribution in [0.25, 0.3) is 10.9 Å². The van der Waals surface area contributed by atoms with Crippen LogP contribution in [0.1, 0.15) is 60.6 Å². The van der Waals surface area contributed by atoms with Gasteiger partial charge < -0.3 is 29.4 Å². The molecule has 2 fully saturated rings. The lowest BCUT2D eigenvalue weighted by molar-refractivity contribution is -0.150. The molecule has 1 aliphatic heterocycles. The van der Waals surface area contributed by atoms with Crippen molar-refractivity contribution in [2.24, 2.45) is 5.92 Å². The second-order valence-electron chi connectivity index (χ2n) is 11.6. The SMILES string of the molecule is CCOC(=O)C1CCC(OC[C@@H]2C[C@H](OC)CN2C(=O)Cc2cc(Cl)c(NC(=O)c3c(C)[nH]c4ccccc34)cc2Cl)CC1. The molecule has 2 heterocycles. The molecule has 3 aromatic rings. The van der Waals surface area contributed by atoms with Gasteiger partial charge in [0.2, 0.25) is 5.91 Å². The van der Waals surface area contributed by atoms with Crippen LogP contribution in [-0.4, -0.2) is 72.8 Å². The van der Waals surface area contributed by atoms with Crippen LogP contribution in [0.5, 0.6) is 0 Å². The largest absolute Gasteiger partial charge is 0.466 e. The second-order valence-corrected chi connectivity index (χ2v) is 12.4. The minimum atomic E-state index is -0.304. The maximum Gasteiger partial charge on any atom is 0.308 e. The first-order valence-corrected chi connectivity index (χ1v) is 15.9. The predicted molar refractivity (Wildman–Crippen MR) is 170 cm³/mol. The number of rotatable bonds is 10. The number of H-pyrrole nitrogens is 1. The zero-order chi connectivity index (χ0) is 31.4. The lowest BCUT2D eigenvalue weighted by Gasteiger charge is -2.30. The Morgan fingerprint density at radius 2 is 1.80 bits per heavy atom. The minimum Gasteiger partial charge on any atom is -0.466 e. The van der Waals surface area contributed by atoms with E-state index in [1.165, 1.54) is 0 Å². The van der Waals surface area contributed by atoms with Crippen molar-refractivity contribution >= 4 is 57.6 Å². The number of para-hydroxylation sites is 1. The summed E-state index contributed by atoms with van der Waals surface area (Å²) in [7, 11) is 1.65. The number of aromatic amines is 1. The van der Waals surface area contributed by atoms with Crippen LogP contribution in [0.15, 0.2) is 36.4 Å². The minimum absolute atomic E-state index is 0.0447. The van der Waals surface area contributed by atoms with Gasteiger partial charge in [-0.1, -0.05) is 41.4 Å². The van der Waals surface area contributed by atoms with Crippen molar-refractivity contribution in [3.8, 4) is 0 Å². The summed E-state index contributed by atoms with van der Waals surface area (Å²) in [6, 6.07) is 10.7. The third kappa shape index (κ3) is 7.23. The number of nitrogens with one attached hydrogen (secondary N) is 2. The van der Waals surface area contributed by atoms with Crippen LogP contribution in [0, 0.1) is 12.8 Å². The van der Waals surface area contributed by atoms with Crippen LogP contribution in [0.2, 0.25) is 10.0 Å². The normalized spacial score (nSPS) is 21.9. The molecule has 2 N–H and O–H groups in total. The molecule has 236 valence electrons. The Morgan fingerprint density at radius 1 is 1.05 bits per heavy atom. The fourth-order valence-electron chi connectivity index (χ4n) is 6.32. The van der Waals surface area contributed by atoms with Gasteiger partial charge in [-0.25, -0.2) is 0 Å². The number of esters is 1. The van der Waals surface area contributed by atoms with Gasteiger partial charge in [0.1, 0.15) is 0 Å². The van der Waals surface area contributed by atoms with Crippen molar-refractivity contribution in [3.05, 3.63) is 63.3 Å². The first kappa shape index (κ1) is 32.3. The number of methoxy groups -OCH3 is 1. The van der Waals surface area contributed by atoms with Crippen molar-refractivity contribution in [3.63, 3.8) is 0 Å². The number of aromatic nitrogens is 1. The van der Waals surface area contributed by atoms with Crippen LogP contribution in [0.3, 0.4) is 0 Å². The summed E-state index contributed by atoms with van der Waals surface area (Å²) >= 11 is 13.2. The highest BCUT2D eigenvalue weighted by molar-refractivity contribution is 6.36. The molecule has 2 aromatic carbocycles. The Kier molecular flexibility index (Phi) is 10.5. The number of ether oxygens (including phenoxy) is 3. The van der Waals surface area contributed by atoms with Gasteiger partial charge in [-0.15, -0.1) is 0 Å². The van der Waals surface area contributed by atoms with Gasteiger partial charge in [0.05, 0.1) is 60.1 Å². The highest BCUT2D eigenvalue weighted by Crippen LogP contribution is 2.33. The molecule has 0 spiro atoms. The van der Waals surface area contributed by atoms with E-state index in [2.05, 4.69) is 10.3 Å². The number of likely N-dealkylation sites (tertiary alicyclic amines) is 1. The van der Waals surface area contributed by atoms with E-state index in [1.54, 1.807) is 24.1 Å². The summed E-state index contributed by atoms with van der Waals surface area (Å²) in [5.74, 6) is -0.596. The Bertz CT molecular complexity index is 1520. The van der Waals surface area contributed by atoms with Gasteiger partial charge in [-0.2, -0.15) is 0 Å². The standard InChI is InChI=1S/C33H39Cl2N3O6/c1-4-43-33(41)20-9-11-23(12-10-20)44-18-22-15-24(42-3)17-38(22)30(39)14-21-13-27(35)29(16-26(21)34)37-32(40)31-19(2)36-28-8-6-5-7-25(28)31/h5-8,13,16,20,22-24,36H,4,9-12,14-15,17-18H2,1-3H3,(H,37,40)/t20?,22-,23?,24-/m0/s1. The molecule has 2 atom stereocenters. The van der Waals surface area contributed by atoms with E-state index in [0.29, 0.717) is 48.0 Å². The molecular formula is C33H39Cl2N3O6. The first-order chi connectivity index (χ1) is 21.2. The number of carbonyl (C=O) groups excluding carboxylic acids is 3. The molecule has 2 amide bonds. The fourth-order valence-corrected chi connectivity index (χ4v) is 6.78. The maximum absolute atomic E-state index is 13.5.